The predicted octanol–water partition coefficient (Wildman–Crippen LogP) is 2.46. The summed E-state index contributed by atoms with van der Waals surface area (Å²) in [6.45, 7) is 6.81. The summed E-state index contributed by atoms with van der Waals surface area (Å²) in [7, 11) is 1.97. The third-order valence-corrected chi connectivity index (χ3v) is 3.32. The number of rotatable bonds is 7. The van der Waals surface area contributed by atoms with E-state index in [1.165, 1.54) is 18.5 Å². The molecule has 0 bridgehead atoms. The molecule has 0 saturated heterocycles. The summed E-state index contributed by atoms with van der Waals surface area (Å²) in [6.07, 6.45) is 6.37. The Morgan fingerprint density at radius 1 is 1.44 bits per heavy atom. The van der Waals surface area contributed by atoms with Crippen LogP contribution >= 0.6 is 15.9 Å². The largest absolute Gasteiger partial charge is 0.301 e. The molecule has 1 rings (SSSR count). The fraction of sp³-hybridized carbons (Fsp3) is 0.750. The van der Waals surface area contributed by atoms with Crippen molar-refractivity contribution in [1.82, 2.24) is 14.7 Å². The van der Waals surface area contributed by atoms with E-state index in [1.807, 2.05) is 17.9 Å². The number of aryl methyl sites for hydroxylation is 1. The SMILES string of the molecule is CC(C)N(CCCBr)CCc1cnn(C)c1. The van der Waals surface area contributed by atoms with Crippen molar-refractivity contribution in [3.8, 4) is 0 Å². The zero-order valence-electron chi connectivity index (χ0n) is 10.5. The first-order valence-corrected chi connectivity index (χ1v) is 7.03. The molecule has 0 unspecified atom stereocenters. The maximum atomic E-state index is 4.19. The van der Waals surface area contributed by atoms with Crippen LogP contribution < -0.4 is 0 Å². The number of nitrogens with zero attached hydrogens (tertiary/aromatic N) is 3. The third-order valence-electron chi connectivity index (χ3n) is 2.76. The molecule has 0 aromatic carbocycles. The maximum absolute atomic E-state index is 4.19. The minimum Gasteiger partial charge on any atom is -0.301 e. The van der Waals surface area contributed by atoms with Gasteiger partial charge in [0.25, 0.3) is 0 Å². The summed E-state index contributed by atoms with van der Waals surface area (Å²) in [5, 5.41) is 5.28. The van der Waals surface area contributed by atoms with Crippen LogP contribution in [0.2, 0.25) is 0 Å². The number of hydrogen-bond donors (Lipinski definition) is 0. The number of alkyl halides is 1. The second kappa shape index (κ2) is 7.07. The molecule has 0 amide bonds. The summed E-state index contributed by atoms with van der Waals surface area (Å²) in [5.41, 5.74) is 1.33. The summed E-state index contributed by atoms with van der Waals surface area (Å²) in [4.78, 5) is 2.52. The van der Waals surface area contributed by atoms with Gasteiger partial charge in [0.1, 0.15) is 0 Å². The van der Waals surface area contributed by atoms with Gasteiger partial charge in [0.05, 0.1) is 6.20 Å². The van der Waals surface area contributed by atoms with Gasteiger partial charge in [-0.2, -0.15) is 5.10 Å². The number of halogens is 1. The maximum Gasteiger partial charge on any atom is 0.0522 e. The first kappa shape index (κ1) is 13.7. The molecular formula is C12H22BrN3. The molecule has 16 heavy (non-hydrogen) atoms. The lowest BCUT2D eigenvalue weighted by molar-refractivity contribution is 0.225. The topological polar surface area (TPSA) is 21.1 Å². The molecule has 0 aliphatic rings. The fourth-order valence-electron chi connectivity index (χ4n) is 1.76. The molecule has 3 nitrogen and oxygen atoms in total. The van der Waals surface area contributed by atoms with E-state index in [1.54, 1.807) is 0 Å². The van der Waals surface area contributed by atoms with Gasteiger partial charge in [0.2, 0.25) is 0 Å². The highest BCUT2D eigenvalue weighted by molar-refractivity contribution is 9.09. The monoisotopic (exact) mass is 287 g/mol. The van der Waals surface area contributed by atoms with Crippen LogP contribution in [0.3, 0.4) is 0 Å². The van der Waals surface area contributed by atoms with Crippen molar-refractivity contribution in [3.05, 3.63) is 18.0 Å². The van der Waals surface area contributed by atoms with E-state index < -0.39 is 0 Å². The molecule has 92 valence electrons. The molecule has 4 heteroatoms. The zero-order chi connectivity index (χ0) is 12.0. The predicted molar refractivity (Wildman–Crippen MR) is 72.0 cm³/mol. The Hall–Kier alpha value is -0.350. The van der Waals surface area contributed by atoms with Crippen molar-refractivity contribution in [3.63, 3.8) is 0 Å². The van der Waals surface area contributed by atoms with Crippen LogP contribution in [0.4, 0.5) is 0 Å². The van der Waals surface area contributed by atoms with Crippen molar-refractivity contribution in [2.75, 3.05) is 18.4 Å². The van der Waals surface area contributed by atoms with Crippen LogP contribution in [0.15, 0.2) is 12.4 Å². The summed E-state index contributed by atoms with van der Waals surface area (Å²) in [6, 6.07) is 0.621. The first-order valence-electron chi connectivity index (χ1n) is 5.91. The van der Waals surface area contributed by atoms with Gasteiger partial charge >= 0.3 is 0 Å². The lowest BCUT2D eigenvalue weighted by Crippen LogP contribution is -2.33. The Labute approximate surface area is 107 Å². The number of aromatic nitrogens is 2. The van der Waals surface area contributed by atoms with E-state index >= 15 is 0 Å². The van der Waals surface area contributed by atoms with Crippen LogP contribution in [-0.4, -0.2) is 39.1 Å². The standard InChI is InChI=1S/C12H22BrN3/c1-11(2)16(7-4-6-13)8-5-12-9-14-15(3)10-12/h9-11H,4-8H2,1-3H3. The second-order valence-corrected chi connectivity index (χ2v) is 5.24. The van der Waals surface area contributed by atoms with E-state index in [0.29, 0.717) is 6.04 Å². The molecule has 1 aromatic heterocycles. The highest BCUT2D eigenvalue weighted by Crippen LogP contribution is 2.05. The van der Waals surface area contributed by atoms with Crippen LogP contribution in [0.5, 0.6) is 0 Å². The highest BCUT2D eigenvalue weighted by Gasteiger charge is 2.09. The Bertz CT molecular complexity index is 296. The molecule has 0 radical (unpaired) electrons. The minimum absolute atomic E-state index is 0.621. The van der Waals surface area contributed by atoms with Crippen molar-refractivity contribution in [2.45, 2.75) is 32.7 Å². The van der Waals surface area contributed by atoms with Gasteiger partial charge in [-0.1, -0.05) is 15.9 Å². The van der Waals surface area contributed by atoms with Gasteiger partial charge in [0, 0.05) is 31.2 Å². The molecule has 0 saturated carbocycles. The van der Waals surface area contributed by atoms with E-state index in [0.717, 1.165) is 18.3 Å². The van der Waals surface area contributed by atoms with Gasteiger partial charge in [-0.3, -0.25) is 4.68 Å². The Balaban J connectivity index is 2.37. The minimum atomic E-state index is 0.621. The van der Waals surface area contributed by atoms with E-state index in [2.05, 4.69) is 46.0 Å². The fourth-order valence-corrected chi connectivity index (χ4v) is 2.02. The van der Waals surface area contributed by atoms with Gasteiger partial charge in [-0.05, 0) is 38.8 Å². The molecule has 0 N–H and O–H groups in total. The lowest BCUT2D eigenvalue weighted by Gasteiger charge is -2.25. The summed E-state index contributed by atoms with van der Waals surface area (Å²) < 4.78 is 1.87. The first-order chi connectivity index (χ1) is 7.63. The van der Waals surface area contributed by atoms with Crippen molar-refractivity contribution in [2.24, 2.45) is 7.05 Å². The average Bonchev–Trinajstić information content (AvgIpc) is 2.64. The van der Waals surface area contributed by atoms with Gasteiger partial charge < -0.3 is 4.90 Å². The molecule has 1 heterocycles. The normalized spacial score (nSPS) is 11.6. The van der Waals surface area contributed by atoms with Crippen molar-refractivity contribution < 1.29 is 0 Å². The Kier molecular flexibility index (Phi) is 6.06. The van der Waals surface area contributed by atoms with Crippen LogP contribution in [0, 0.1) is 0 Å². The third kappa shape index (κ3) is 4.66. The second-order valence-electron chi connectivity index (χ2n) is 4.44. The number of hydrogen-bond acceptors (Lipinski definition) is 2. The smallest absolute Gasteiger partial charge is 0.0522 e. The molecule has 0 fully saturated rings. The van der Waals surface area contributed by atoms with Gasteiger partial charge in [0.15, 0.2) is 0 Å². The van der Waals surface area contributed by atoms with Crippen LogP contribution in [-0.2, 0) is 13.5 Å². The average molecular weight is 288 g/mol. The van der Waals surface area contributed by atoms with Crippen molar-refractivity contribution >= 4 is 15.9 Å². The molecule has 0 aliphatic carbocycles. The summed E-state index contributed by atoms with van der Waals surface area (Å²) in [5.74, 6) is 0. The summed E-state index contributed by atoms with van der Waals surface area (Å²) >= 11 is 3.49. The van der Waals surface area contributed by atoms with E-state index in [-0.39, 0.29) is 0 Å². The van der Waals surface area contributed by atoms with Gasteiger partial charge in [-0.25, -0.2) is 0 Å². The molecule has 0 atom stereocenters. The molecular weight excluding hydrogens is 266 g/mol. The van der Waals surface area contributed by atoms with E-state index in [4.69, 9.17) is 0 Å². The molecule has 0 spiro atoms. The highest BCUT2D eigenvalue weighted by atomic mass is 79.9. The molecule has 1 aromatic rings. The van der Waals surface area contributed by atoms with E-state index in [9.17, 15) is 0 Å². The Morgan fingerprint density at radius 3 is 2.69 bits per heavy atom. The van der Waals surface area contributed by atoms with Crippen LogP contribution in [0.1, 0.15) is 25.8 Å². The lowest BCUT2D eigenvalue weighted by atomic mass is 10.2. The van der Waals surface area contributed by atoms with Crippen molar-refractivity contribution in [1.29, 1.82) is 0 Å². The molecule has 0 aliphatic heterocycles. The zero-order valence-corrected chi connectivity index (χ0v) is 12.1. The van der Waals surface area contributed by atoms with Gasteiger partial charge in [-0.15, -0.1) is 0 Å². The Morgan fingerprint density at radius 2 is 2.19 bits per heavy atom. The van der Waals surface area contributed by atoms with Crippen LogP contribution in [0.25, 0.3) is 0 Å². The quantitative estimate of drug-likeness (QED) is 0.719.